The van der Waals surface area contributed by atoms with Crippen molar-refractivity contribution in [3.8, 4) is 0 Å². The molecule has 1 N–H and O–H groups in total. The topological polar surface area (TPSA) is 92.8 Å². The highest BCUT2D eigenvalue weighted by Gasteiger charge is 2.29. The molecule has 0 saturated carbocycles. The Balaban J connectivity index is 2.12. The third-order valence-corrected chi connectivity index (χ3v) is 6.05. The van der Waals surface area contributed by atoms with Gasteiger partial charge in [0.05, 0.1) is 24.1 Å². The minimum atomic E-state index is -3.69. The molecule has 0 aliphatic rings. The zero-order valence-electron chi connectivity index (χ0n) is 18.4. The van der Waals surface area contributed by atoms with Crippen molar-refractivity contribution in [2.75, 3.05) is 22.5 Å². The molecule has 0 aromatic heterocycles. The van der Waals surface area contributed by atoms with Crippen LogP contribution in [0.4, 0.5) is 11.4 Å². The molecular weight excluding hydrogens is 416 g/mol. The van der Waals surface area contributed by atoms with E-state index in [2.05, 4.69) is 5.32 Å². The van der Waals surface area contributed by atoms with Crippen molar-refractivity contribution in [3.63, 3.8) is 0 Å². The van der Waals surface area contributed by atoms with Crippen molar-refractivity contribution >= 4 is 33.3 Å². The molecule has 8 heteroatoms. The van der Waals surface area contributed by atoms with Crippen LogP contribution in [0.3, 0.4) is 0 Å². The monoisotopic (exact) mass is 446 g/mol. The number of aryl methyl sites for hydroxylation is 1. The van der Waals surface area contributed by atoms with Gasteiger partial charge in [-0.05, 0) is 61.7 Å². The minimum Gasteiger partial charge on any atom is -0.462 e. The number of benzene rings is 2. The Morgan fingerprint density at radius 3 is 2.16 bits per heavy atom. The van der Waals surface area contributed by atoms with Crippen LogP contribution in [-0.2, 0) is 26.0 Å². The maximum absolute atomic E-state index is 12.8. The Morgan fingerprint density at radius 2 is 1.65 bits per heavy atom. The third kappa shape index (κ3) is 6.82. The predicted molar refractivity (Wildman–Crippen MR) is 123 cm³/mol. The molecular formula is C23H30N2O5S. The fourth-order valence-electron chi connectivity index (χ4n) is 3.02. The molecule has 2 aromatic carbocycles. The van der Waals surface area contributed by atoms with Crippen molar-refractivity contribution in [1.29, 1.82) is 0 Å². The second kappa shape index (κ2) is 10.9. The van der Waals surface area contributed by atoms with Crippen molar-refractivity contribution in [2.24, 2.45) is 0 Å². The molecule has 0 spiro atoms. The normalized spacial score (nSPS) is 12.1. The van der Waals surface area contributed by atoms with Crippen LogP contribution in [0.15, 0.2) is 48.5 Å². The van der Waals surface area contributed by atoms with Crippen LogP contribution in [0, 0.1) is 0 Å². The van der Waals surface area contributed by atoms with Crippen LogP contribution >= 0.6 is 0 Å². The molecule has 0 unspecified atom stereocenters. The number of nitrogens with zero attached hydrogens (tertiary/aromatic N) is 1. The lowest BCUT2D eigenvalue weighted by Gasteiger charge is -2.28. The molecule has 1 atom stereocenters. The molecule has 0 heterocycles. The molecule has 2 rings (SSSR count). The molecule has 0 fully saturated rings. The van der Waals surface area contributed by atoms with Crippen molar-refractivity contribution < 1.29 is 22.7 Å². The van der Waals surface area contributed by atoms with E-state index in [-0.39, 0.29) is 0 Å². The largest absolute Gasteiger partial charge is 0.462 e. The maximum atomic E-state index is 12.8. The van der Waals surface area contributed by atoms with Crippen molar-refractivity contribution in [2.45, 2.75) is 46.1 Å². The number of carbonyl (C=O) groups excluding carboxylic acids is 2. The number of ether oxygens (including phenoxy) is 1. The number of rotatable bonds is 10. The highest BCUT2D eigenvalue weighted by Crippen LogP contribution is 2.22. The SMILES string of the molecule is CCCCOC(=O)c1ccc(NC(=O)[C@H](C)N(c2ccc(CC)cc2)S(C)(=O)=O)cc1. The smallest absolute Gasteiger partial charge is 0.338 e. The lowest BCUT2D eigenvalue weighted by Crippen LogP contribution is -2.45. The summed E-state index contributed by atoms with van der Waals surface area (Å²) >= 11 is 0. The van der Waals surface area contributed by atoms with Gasteiger partial charge in [0, 0.05) is 5.69 Å². The van der Waals surface area contributed by atoms with Gasteiger partial charge in [-0.15, -0.1) is 0 Å². The average Bonchev–Trinajstić information content (AvgIpc) is 2.74. The molecule has 1 amide bonds. The van der Waals surface area contributed by atoms with Crippen LogP contribution in [0.1, 0.15) is 49.5 Å². The number of hydrogen-bond acceptors (Lipinski definition) is 5. The summed E-state index contributed by atoms with van der Waals surface area (Å²) in [5.74, 6) is -0.901. The van der Waals surface area contributed by atoms with Gasteiger partial charge in [-0.1, -0.05) is 32.4 Å². The summed E-state index contributed by atoms with van der Waals surface area (Å²) in [7, 11) is -3.69. The quantitative estimate of drug-likeness (QED) is 0.440. The zero-order valence-corrected chi connectivity index (χ0v) is 19.2. The number of carbonyl (C=O) groups is 2. The fourth-order valence-corrected chi connectivity index (χ4v) is 4.19. The number of hydrogen-bond donors (Lipinski definition) is 1. The van der Waals surface area contributed by atoms with Crippen molar-refractivity contribution in [3.05, 3.63) is 59.7 Å². The van der Waals surface area contributed by atoms with E-state index in [9.17, 15) is 18.0 Å². The molecule has 0 bridgehead atoms. The first-order valence-corrected chi connectivity index (χ1v) is 12.2. The number of unbranched alkanes of at least 4 members (excludes halogenated alkanes) is 1. The van der Waals surface area contributed by atoms with Crippen LogP contribution in [0.2, 0.25) is 0 Å². The van der Waals surface area contributed by atoms with Crippen LogP contribution in [0.5, 0.6) is 0 Å². The number of amides is 1. The summed E-state index contributed by atoms with van der Waals surface area (Å²) in [5.41, 5.74) is 2.34. The van der Waals surface area contributed by atoms with Crippen LogP contribution in [0.25, 0.3) is 0 Å². The number of anilines is 2. The second-order valence-corrected chi connectivity index (χ2v) is 9.17. The van der Waals surface area contributed by atoms with E-state index in [1.165, 1.54) is 6.92 Å². The first-order chi connectivity index (χ1) is 14.7. The van der Waals surface area contributed by atoms with E-state index < -0.39 is 27.9 Å². The van der Waals surface area contributed by atoms with E-state index >= 15 is 0 Å². The second-order valence-electron chi connectivity index (χ2n) is 7.31. The molecule has 0 aliphatic carbocycles. The van der Waals surface area contributed by atoms with E-state index in [0.29, 0.717) is 23.5 Å². The summed E-state index contributed by atoms with van der Waals surface area (Å²) in [5, 5.41) is 2.71. The van der Waals surface area contributed by atoms with Crippen molar-refractivity contribution in [1.82, 2.24) is 0 Å². The number of sulfonamides is 1. The Labute approximate surface area is 184 Å². The molecule has 168 valence electrons. The molecule has 2 aromatic rings. The molecule has 31 heavy (non-hydrogen) atoms. The van der Waals surface area contributed by atoms with Crippen LogP contribution in [-0.4, -0.2) is 39.2 Å². The Hall–Kier alpha value is -2.87. The van der Waals surface area contributed by atoms with Gasteiger partial charge >= 0.3 is 5.97 Å². The summed E-state index contributed by atoms with van der Waals surface area (Å²) in [6.45, 7) is 5.92. The zero-order chi connectivity index (χ0) is 23.0. The summed E-state index contributed by atoms with van der Waals surface area (Å²) < 4.78 is 31.1. The minimum absolute atomic E-state index is 0.367. The molecule has 7 nitrogen and oxygen atoms in total. The lowest BCUT2D eigenvalue weighted by molar-refractivity contribution is -0.116. The maximum Gasteiger partial charge on any atom is 0.338 e. The van der Waals surface area contributed by atoms with Gasteiger partial charge in [-0.2, -0.15) is 0 Å². The fraction of sp³-hybridized carbons (Fsp3) is 0.391. The number of nitrogens with one attached hydrogen (secondary N) is 1. The highest BCUT2D eigenvalue weighted by molar-refractivity contribution is 7.92. The van der Waals surface area contributed by atoms with Gasteiger partial charge in [0.15, 0.2) is 0 Å². The summed E-state index contributed by atoms with van der Waals surface area (Å²) in [4.78, 5) is 24.8. The van der Waals surface area contributed by atoms with E-state index in [4.69, 9.17) is 4.74 Å². The first-order valence-electron chi connectivity index (χ1n) is 10.3. The standard InChI is InChI=1S/C23H30N2O5S/c1-5-7-16-30-23(27)19-10-12-20(13-11-19)24-22(26)17(3)25(31(4,28)29)21-14-8-18(6-2)9-15-21/h8-15,17H,5-7,16H2,1-4H3,(H,24,26)/t17-/m0/s1. The molecule has 0 aliphatic heterocycles. The Kier molecular flexibility index (Phi) is 8.62. The molecule has 0 radical (unpaired) electrons. The van der Waals surface area contributed by atoms with Gasteiger partial charge in [0.2, 0.25) is 15.9 Å². The van der Waals surface area contributed by atoms with Gasteiger partial charge < -0.3 is 10.1 Å². The van der Waals surface area contributed by atoms with Crippen LogP contribution < -0.4 is 9.62 Å². The number of esters is 1. The lowest BCUT2D eigenvalue weighted by atomic mass is 10.1. The van der Waals surface area contributed by atoms with E-state index in [1.807, 2.05) is 26.0 Å². The van der Waals surface area contributed by atoms with Gasteiger partial charge in [0.1, 0.15) is 6.04 Å². The third-order valence-electron chi connectivity index (χ3n) is 4.81. The van der Waals surface area contributed by atoms with E-state index in [0.717, 1.165) is 35.4 Å². The van der Waals surface area contributed by atoms with E-state index in [1.54, 1.807) is 36.4 Å². The Bertz CT molecular complexity index is 986. The van der Waals surface area contributed by atoms with Gasteiger partial charge in [-0.3, -0.25) is 9.10 Å². The van der Waals surface area contributed by atoms with Gasteiger partial charge in [0.25, 0.3) is 0 Å². The first kappa shape index (κ1) is 24.4. The summed E-state index contributed by atoms with van der Waals surface area (Å²) in [6.07, 6.45) is 3.64. The Morgan fingerprint density at radius 1 is 1.03 bits per heavy atom. The predicted octanol–water partition coefficient (Wildman–Crippen LogP) is 4.00. The van der Waals surface area contributed by atoms with Gasteiger partial charge in [-0.25, -0.2) is 13.2 Å². The molecule has 0 saturated heterocycles. The average molecular weight is 447 g/mol. The summed E-state index contributed by atoms with van der Waals surface area (Å²) in [6, 6.07) is 12.4. The highest BCUT2D eigenvalue weighted by atomic mass is 32.2.